The highest BCUT2D eigenvalue weighted by Crippen LogP contribution is 2.39. The molecule has 0 aliphatic heterocycles. The van der Waals surface area contributed by atoms with Gasteiger partial charge < -0.3 is 29.5 Å². The Morgan fingerprint density at radius 2 is 1.92 bits per heavy atom. The lowest BCUT2D eigenvalue weighted by Crippen LogP contribution is -2.20. The summed E-state index contributed by atoms with van der Waals surface area (Å²) in [6.45, 7) is 2.10. The second kappa shape index (κ2) is 13.0. The number of aromatic nitrogens is 1. The van der Waals surface area contributed by atoms with Gasteiger partial charge in [-0.2, -0.15) is 0 Å². The first-order valence-electron chi connectivity index (χ1n) is 12.1. The zero-order valence-electron chi connectivity index (χ0n) is 21.2. The quantitative estimate of drug-likeness (QED) is 0.158. The molecule has 2 aromatic heterocycles. The predicted molar refractivity (Wildman–Crippen MR) is 148 cm³/mol. The van der Waals surface area contributed by atoms with E-state index in [0.717, 1.165) is 21.8 Å². The third-order valence-corrected chi connectivity index (χ3v) is 6.77. The van der Waals surface area contributed by atoms with E-state index in [-0.39, 0.29) is 25.6 Å². The minimum atomic E-state index is -0.419. The van der Waals surface area contributed by atoms with Crippen molar-refractivity contribution in [2.24, 2.45) is 5.92 Å². The van der Waals surface area contributed by atoms with Gasteiger partial charge in [-0.1, -0.05) is 35.5 Å². The van der Waals surface area contributed by atoms with Crippen molar-refractivity contribution in [1.29, 1.82) is 0 Å². The fourth-order valence-electron chi connectivity index (χ4n) is 3.69. The summed E-state index contributed by atoms with van der Waals surface area (Å²) in [5, 5.41) is 27.9. The van der Waals surface area contributed by atoms with Crippen LogP contribution in [0, 0.1) is 12.8 Å². The molecule has 0 saturated carbocycles. The Bertz CT molecular complexity index is 1360. The van der Waals surface area contributed by atoms with Crippen molar-refractivity contribution >= 4 is 29.0 Å². The highest BCUT2D eigenvalue weighted by Gasteiger charge is 2.15. The highest BCUT2D eigenvalue weighted by molar-refractivity contribution is 7.13. The fourth-order valence-corrected chi connectivity index (χ4v) is 4.44. The maximum absolute atomic E-state index is 13.0. The third-order valence-electron chi connectivity index (χ3n) is 5.86. The lowest BCUT2D eigenvalue weighted by Gasteiger charge is -2.17. The number of aliphatic hydroxyl groups is 2. The van der Waals surface area contributed by atoms with Crippen molar-refractivity contribution in [3.8, 4) is 21.9 Å². The van der Waals surface area contributed by atoms with E-state index in [4.69, 9.17) is 14.0 Å². The SMILES string of the molecule is COc1cc(OCC(CO)CO)c(/C=C/C(=O)c2ccc(CNc3cc(C)on3)cc2)cc1-c1cccs1. The van der Waals surface area contributed by atoms with Gasteiger partial charge in [-0.25, -0.2) is 0 Å². The van der Waals surface area contributed by atoms with Crippen LogP contribution in [0.1, 0.15) is 27.2 Å². The van der Waals surface area contributed by atoms with E-state index in [1.807, 2.05) is 48.7 Å². The Hall–Kier alpha value is -3.92. The number of anilines is 1. The first kappa shape index (κ1) is 27.1. The summed E-state index contributed by atoms with van der Waals surface area (Å²) in [4.78, 5) is 14.0. The van der Waals surface area contributed by atoms with Crippen molar-refractivity contribution in [1.82, 2.24) is 5.16 Å². The molecule has 2 aromatic carbocycles. The molecule has 8 nitrogen and oxygen atoms in total. The largest absolute Gasteiger partial charge is 0.496 e. The molecule has 3 N–H and O–H groups in total. The molecule has 0 amide bonds. The zero-order valence-corrected chi connectivity index (χ0v) is 22.0. The maximum Gasteiger partial charge on any atom is 0.185 e. The Balaban J connectivity index is 1.53. The molecule has 0 radical (unpaired) electrons. The molecule has 38 heavy (non-hydrogen) atoms. The second-order valence-electron chi connectivity index (χ2n) is 8.68. The van der Waals surface area contributed by atoms with Crippen LogP contribution in [0.4, 0.5) is 5.82 Å². The average molecular weight is 535 g/mol. The van der Waals surface area contributed by atoms with Crippen LogP contribution in [0.5, 0.6) is 11.5 Å². The predicted octanol–water partition coefficient (Wildman–Crippen LogP) is 5.21. The molecule has 9 heteroatoms. The van der Waals surface area contributed by atoms with Crippen LogP contribution in [0.15, 0.2) is 70.6 Å². The number of aliphatic hydroxyl groups excluding tert-OH is 2. The van der Waals surface area contributed by atoms with E-state index in [1.165, 1.54) is 6.08 Å². The summed E-state index contributed by atoms with van der Waals surface area (Å²) in [5.41, 5.74) is 3.11. The molecule has 0 aliphatic rings. The minimum Gasteiger partial charge on any atom is -0.496 e. The van der Waals surface area contributed by atoms with Crippen molar-refractivity contribution < 1.29 is 29.0 Å². The summed E-state index contributed by atoms with van der Waals surface area (Å²) in [7, 11) is 1.59. The molecule has 198 valence electrons. The standard InChI is InChI=1S/C29H30N2O6S/c1-19-12-29(31-37-19)30-15-20-5-7-22(8-6-20)25(34)10-9-23-13-24(28-4-3-11-38-28)27(35-2)14-26(23)36-18-21(16-32)17-33/h3-14,21,32-33H,15-18H2,1-2H3,(H,30,31)/b10-9+. The number of nitrogens with zero attached hydrogens (tertiary/aromatic N) is 1. The minimum absolute atomic E-state index is 0.118. The Kier molecular flexibility index (Phi) is 9.31. The molecule has 4 aromatic rings. The van der Waals surface area contributed by atoms with E-state index in [0.29, 0.717) is 35.0 Å². The number of nitrogens with one attached hydrogen (secondary N) is 1. The summed E-state index contributed by atoms with van der Waals surface area (Å²) >= 11 is 1.58. The maximum atomic E-state index is 13.0. The average Bonchev–Trinajstić information content (AvgIpc) is 3.63. The van der Waals surface area contributed by atoms with Crippen LogP contribution in [0.25, 0.3) is 16.5 Å². The number of thiophene rings is 1. The first-order chi connectivity index (χ1) is 18.5. The molecule has 0 atom stereocenters. The van der Waals surface area contributed by atoms with Gasteiger partial charge in [0.05, 0.1) is 26.9 Å². The van der Waals surface area contributed by atoms with Gasteiger partial charge in [0.15, 0.2) is 11.6 Å². The van der Waals surface area contributed by atoms with Gasteiger partial charge >= 0.3 is 0 Å². The van der Waals surface area contributed by atoms with Crippen LogP contribution in [-0.2, 0) is 6.54 Å². The lowest BCUT2D eigenvalue weighted by atomic mass is 10.0. The third kappa shape index (κ3) is 6.89. The number of hydrogen-bond donors (Lipinski definition) is 3. The summed E-state index contributed by atoms with van der Waals surface area (Å²) in [6, 6.07) is 16.8. The van der Waals surface area contributed by atoms with Gasteiger partial charge in [0.2, 0.25) is 0 Å². The van der Waals surface area contributed by atoms with Gasteiger partial charge in [0, 0.05) is 46.2 Å². The van der Waals surface area contributed by atoms with Crippen LogP contribution < -0.4 is 14.8 Å². The number of allylic oxidation sites excluding steroid dienone is 1. The number of ether oxygens (including phenoxy) is 2. The topological polar surface area (TPSA) is 114 Å². The summed E-state index contributed by atoms with van der Waals surface area (Å²) in [5.74, 6) is 1.93. The Morgan fingerprint density at radius 1 is 1.13 bits per heavy atom. The van der Waals surface area contributed by atoms with E-state index >= 15 is 0 Å². The number of ketones is 1. The number of hydrogen-bond acceptors (Lipinski definition) is 9. The van der Waals surface area contributed by atoms with Gasteiger partial charge in [-0.05, 0) is 42.2 Å². The van der Waals surface area contributed by atoms with E-state index < -0.39 is 5.92 Å². The fraction of sp³-hybridized carbons (Fsp3) is 0.241. The monoisotopic (exact) mass is 534 g/mol. The molecular weight excluding hydrogens is 504 g/mol. The normalized spacial score (nSPS) is 11.3. The number of methoxy groups -OCH3 is 1. The lowest BCUT2D eigenvalue weighted by molar-refractivity contribution is 0.104. The van der Waals surface area contributed by atoms with E-state index in [9.17, 15) is 15.0 Å². The molecule has 0 fully saturated rings. The van der Waals surface area contributed by atoms with Crippen LogP contribution >= 0.6 is 11.3 Å². The molecule has 0 unspecified atom stereocenters. The smallest absolute Gasteiger partial charge is 0.185 e. The molecule has 0 aliphatic carbocycles. The van der Waals surface area contributed by atoms with Gasteiger partial charge in [0.1, 0.15) is 17.3 Å². The number of carbonyl (C=O) groups is 1. The van der Waals surface area contributed by atoms with Crippen LogP contribution in [0.3, 0.4) is 0 Å². The summed E-state index contributed by atoms with van der Waals surface area (Å²) in [6.07, 6.45) is 3.22. The number of aryl methyl sites for hydroxylation is 1. The van der Waals surface area contributed by atoms with Crippen molar-refractivity contribution in [2.75, 3.05) is 32.2 Å². The Morgan fingerprint density at radius 3 is 2.55 bits per heavy atom. The van der Waals surface area contributed by atoms with Gasteiger partial charge in [0.25, 0.3) is 0 Å². The number of rotatable bonds is 13. The zero-order chi connectivity index (χ0) is 26.9. The van der Waals surface area contributed by atoms with Crippen molar-refractivity contribution in [3.63, 3.8) is 0 Å². The summed E-state index contributed by atoms with van der Waals surface area (Å²) < 4.78 is 16.6. The van der Waals surface area contributed by atoms with Crippen LogP contribution in [0.2, 0.25) is 0 Å². The number of benzene rings is 2. The van der Waals surface area contributed by atoms with Gasteiger partial charge in [-0.15, -0.1) is 11.3 Å². The first-order valence-corrected chi connectivity index (χ1v) is 13.0. The van der Waals surface area contributed by atoms with Gasteiger partial charge in [-0.3, -0.25) is 4.79 Å². The second-order valence-corrected chi connectivity index (χ2v) is 9.63. The molecule has 4 rings (SSSR count). The van der Waals surface area contributed by atoms with Crippen molar-refractivity contribution in [3.05, 3.63) is 88.5 Å². The molecule has 0 bridgehead atoms. The van der Waals surface area contributed by atoms with E-state index in [2.05, 4.69) is 10.5 Å². The molecule has 0 spiro atoms. The Labute approximate surface area is 225 Å². The number of carbonyl (C=O) groups excluding carboxylic acids is 1. The molecular formula is C29H30N2O6S. The van der Waals surface area contributed by atoms with Crippen molar-refractivity contribution in [2.45, 2.75) is 13.5 Å². The van der Waals surface area contributed by atoms with E-state index in [1.54, 1.807) is 42.7 Å². The molecule has 2 heterocycles. The molecule has 0 saturated heterocycles. The van der Waals surface area contributed by atoms with Crippen LogP contribution in [-0.4, -0.2) is 48.1 Å². The highest BCUT2D eigenvalue weighted by atomic mass is 32.1.